The Bertz CT molecular complexity index is 1010. The minimum absolute atomic E-state index is 0.0644. The first-order chi connectivity index (χ1) is 14.1. The van der Waals surface area contributed by atoms with Crippen LogP contribution < -0.4 is 10.1 Å². The van der Waals surface area contributed by atoms with Crippen molar-refractivity contribution in [3.8, 4) is 5.75 Å². The second kappa shape index (κ2) is 8.05. The van der Waals surface area contributed by atoms with E-state index in [1.165, 1.54) is 11.6 Å². The Balaban J connectivity index is 1.66. The molecule has 1 aromatic heterocycles. The van der Waals surface area contributed by atoms with Crippen molar-refractivity contribution < 1.29 is 14.4 Å². The van der Waals surface area contributed by atoms with Crippen LogP contribution in [0.15, 0.2) is 54.7 Å². The Morgan fingerprint density at radius 1 is 1.17 bits per heavy atom. The van der Waals surface area contributed by atoms with Crippen molar-refractivity contribution in [2.24, 2.45) is 0 Å². The number of aromatic nitrogens is 1. The number of methoxy groups -OCH3 is 1. The van der Waals surface area contributed by atoms with Gasteiger partial charge < -0.3 is 14.8 Å². The Morgan fingerprint density at radius 3 is 2.62 bits per heavy atom. The smallest absolute Gasteiger partial charge is 0.278 e. The van der Waals surface area contributed by atoms with Crippen LogP contribution in [0.4, 0.5) is 11.4 Å². The molecule has 1 N–H and O–H groups in total. The van der Waals surface area contributed by atoms with Gasteiger partial charge in [0.25, 0.3) is 5.69 Å². The van der Waals surface area contributed by atoms with E-state index in [0.717, 1.165) is 24.3 Å². The van der Waals surface area contributed by atoms with Gasteiger partial charge in [-0.05, 0) is 48.7 Å². The zero-order valence-electron chi connectivity index (χ0n) is 16.3. The van der Waals surface area contributed by atoms with Gasteiger partial charge in [-0.25, -0.2) is 0 Å². The summed E-state index contributed by atoms with van der Waals surface area (Å²) in [6.07, 6.45) is 3.44. The number of benzene rings is 2. The normalized spacial score (nSPS) is 15.8. The summed E-state index contributed by atoms with van der Waals surface area (Å²) in [5.74, 6) is 0.828. The summed E-state index contributed by atoms with van der Waals surface area (Å²) in [5, 5.41) is 15.4. The standard InChI is InChI=1S/C22H23N3O4/c1-28-17-6-4-16(5-7-17)22(10-13-29-14-11-22)15-24-19-8-9-20(25(26)27)18-3-2-12-23-21(18)19/h2-9,12,24H,10-11,13-15H2,1H3. The molecule has 0 saturated carbocycles. The van der Waals surface area contributed by atoms with E-state index < -0.39 is 0 Å². The van der Waals surface area contributed by atoms with E-state index in [0.29, 0.717) is 30.7 Å². The molecule has 1 aliphatic rings. The number of non-ortho nitro benzene ring substituents is 1. The Hall–Kier alpha value is -3.19. The summed E-state index contributed by atoms with van der Waals surface area (Å²) >= 11 is 0. The molecule has 0 radical (unpaired) electrons. The number of ether oxygens (including phenoxy) is 2. The summed E-state index contributed by atoms with van der Waals surface area (Å²) in [7, 11) is 1.66. The van der Waals surface area contributed by atoms with Crippen molar-refractivity contribution in [1.29, 1.82) is 0 Å². The third-order valence-corrected chi connectivity index (χ3v) is 5.71. The lowest BCUT2D eigenvalue weighted by molar-refractivity contribution is -0.383. The van der Waals surface area contributed by atoms with Crippen molar-refractivity contribution in [3.05, 3.63) is 70.4 Å². The quantitative estimate of drug-likeness (QED) is 0.496. The number of pyridine rings is 1. The summed E-state index contributed by atoms with van der Waals surface area (Å²) < 4.78 is 10.9. The molecule has 0 bridgehead atoms. The zero-order valence-corrected chi connectivity index (χ0v) is 16.3. The van der Waals surface area contributed by atoms with Gasteiger partial charge in [0, 0.05) is 37.4 Å². The Morgan fingerprint density at radius 2 is 1.93 bits per heavy atom. The topological polar surface area (TPSA) is 86.5 Å². The van der Waals surface area contributed by atoms with Gasteiger partial charge in [0.15, 0.2) is 0 Å². The molecule has 0 unspecified atom stereocenters. The number of nitrogens with one attached hydrogen (secondary N) is 1. The second-order valence-corrected chi connectivity index (χ2v) is 7.26. The van der Waals surface area contributed by atoms with E-state index in [-0.39, 0.29) is 16.0 Å². The third kappa shape index (κ3) is 3.73. The maximum Gasteiger partial charge on any atom is 0.278 e. The van der Waals surface area contributed by atoms with Gasteiger partial charge in [-0.2, -0.15) is 0 Å². The molecule has 3 aromatic rings. The monoisotopic (exact) mass is 393 g/mol. The fourth-order valence-corrected chi connectivity index (χ4v) is 4.00. The molecule has 1 aliphatic heterocycles. The fraction of sp³-hybridized carbons (Fsp3) is 0.318. The van der Waals surface area contributed by atoms with Crippen molar-refractivity contribution in [2.75, 3.05) is 32.2 Å². The summed E-state index contributed by atoms with van der Waals surface area (Å²) in [5.41, 5.74) is 2.61. The van der Waals surface area contributed by atoms with Gasteiger partial charge >= 0.3 is 0 Å². The van der Waals surface area contributed by atoms with Crippen molar-refractivity contribution in [2.45, 2.75) is 18.3 Å². The number of nitro benzene ring substituents is 1. The molecule has 29 heavy (non-hydrogen) atoms. The summed E-state index contributed by atoms with van der Waals surface area (Å²) in [6.45, 7) is 2.09. The average Bonchev–Trinajstić information content (AvgIpc) is 2.78. The van der Waals surface area contributed by atoms with Crippen LogP contribution in [-0.4, -0.2) is 36.8 Å². The largest absolute Gasteiger partial charge is 0.497 e. The minimum atomic E-state index is -0.370. The highest BCUT2D eigenvalue weighted by atomic mass is 16.6. The lowest BCUT2D eigenvalue weighted by Crippen LogP contribution is -2.40. The molecule has 0 amide bonds. The number of anilines is 1. The molecule has 1 fully saturated rings. The molecule has 2 heterocycles. The Kier molecular flexibility index (Phi) is 5.31. The predicted octanol–water partition coefficient (Wildman–Crippen LogP) is 4.31. The van der Waals surface area contributed by atoms with Gasteiger partial charge in [0.2, 0.25) is 0 Å². The first-order valence-electron chi connectivity index (χ1n) is 9.61. The van der Waals surface area contributed by atoms with Gasteiger partial charge in [-0.1, -0.05) is 12.1 Å². The van der Waals surface area contributed by atoms with Gasteiger partial charge in [0.05, 0.1) is 23.1 Å². The number of nitrogens with zero attached hydrogens (tertiary/aromatic N) is 2. The maximum atomic E-state index is 11.4. The Labute approximate surface area is 168 Å². The van der Waals surface area contributed by atoms with Crippen LogP contribution in [0, 0.1) is 10.1 Å². The van der Waals surface area contributed by atoms with Crippen LogP contribution >= 0.6 is 0 Å². The van der Waals surface area contributed by atoms with Gasteiger partial charge in [-0.3, -0.25) is 15.1 Å². The molecule has 0 atom stereocenters. The summed E-state index contributed by atoms with van der Waals surface area (Å²) in [4.78, 5) is 15.4. The SMILES string of the molecule is COc1ccc(C2(CNc3ccc([N+](=O)[O-])c4cccnc34)CCOCC2)cc1. The maximum absolute atomic E-state index is 11.4. The average molecular weight is 393 g/mol. The molecule has 7 heteroatoms. The molecular formula is C22H23N3O4. The van der Waals surface area contributed by atoms with Gasteiger partial charge in [0.1, 0.15) is 11.3 Å². The number of hydrogen-bond donors (Lipinski definition) is 1. The van der Waals surface area contributed by atoms with Crippen LogP contribution in [-0.2, 0) is 10.2 Å². The van der Waals surface area contributed by atoms with E-state index in [4.69, 9.17) is 9.47 Å². The van der Waals surface area contributed by atoms with Crippen molar-refractivity contribution >= 4 is 22.3 Å². The van der Waals surface area contributed by atoms with Crippen LogP contribution in [0.3, 0.4) is 0 Å². The second-order valence-electron chi connectivity index (χ2n) is 7.26. The lowest BCUT2D eigenvalue weighted by atomic mass is 9.74. The van der Waals surface area contributed by atoms with Crippen LogP contribution in [0.25, 0.3) is 10.9 Å². The molecule has 0 spiro atoms. The summed E-state index contributed by atoms with van der Waals surface area (Å²) in [6, 6.07) is 14.9. The van der Waals surface area contributed by atoms with Crippen LogP contribution in [0.2, 0.25) is 0 Å². The molecule has 1 saturated heterocycles. The highest BCUT2D eigenvalue weighted by molar-refractivity contribution is 5.96. The molecule has 150 valence electrons. The van der Waals surface area contributed by atoms with Crippen molar-refractivity contribution in [1.82, 2.24) is 4.98 Å². The highest BCUT2D eigenvalue weighted by Gasteiger charge is 2.34. The number of nitro groups is 1. The number of rotatable bonds is 6. The predicted molar refractivity (Wildman–Crippen MR) is 112 cm³/mol. The van der Waals surface area contributed by atoms with Crippen LogP contribution in [0.1, 0.15) is 18.4 Å². The fourth-order valence-electron chi connectivity index (χ4n) is 4.00. The number of hydrogen-bond acceptors (Lipinski definition) is 6. The van der Waals surface area contributed by atoms with Crippen LogP contribution in [0.5, 0.6) is 5.75 Å². The molecule has 2 aromatic carbocycles. The molecule has 0 aliphatic carbocycles. The van der Waals surface area contributed by atoms with Crippen molar-refractivity contribution in [3.63, 3.8) is 0 Å². The molecule has 7 nitrogen and oxygen atoms in total. The van der Waals surface area contributed by atoms with E-state index >= 15 is 0 Å². The first-order valence-corrected chi connectivity index (χ1v) is 9.61. The highest BCUT2D eigenvalue weighted by Crippen LogP contribution is 2.37. The van der Waals surface area contributed by atoms with Gasteiger partial charge in [-0.15, -0.1) is 0 Å². The van der Waals surface area contributed by atoms with E-state index in [9.17, 15) is 10.1 Å². The molecular weight excluding hydrogens is 370 g/mol. The lowest BCUT2D eigenvalue weighted by Gasteiger charge is -2.38. The zero-order chi connectivity index (χ0) is 20.3. The third-order valence-electron chi connectivity index (χ3n) is 5.71. The van der Waals surface area contributed by atoms with E-state index in [1.54, 1.807) is 31.5 Å². The first kappa shape index (κ1) is 19.1. The van der Waals surface area contributed by atoms with E-state index in [2.05, 4.69) is 22.4 Å². The van der Waals surface area contributed by atoms with E-state index in [1.807, 2.05) is 12.1 Å². The molecule has 4 rings (SSSR count). The minimum Gasteiger partial charge on any atom is -0.497 e. The number of fused-ring (bicyclic) bond motifs is 1.